The van der Waals surface area contributed by atoms with E-state index in [2.05, 4.69) is 26.3 Å². The van der Waals surface area contributed by atoms with Crippen molar-refractivity contribution in [2.45, 2.75) is 19.6 Å². The zero-order chi connectivity index (χ0) is 15.8. The number of halogens is 5. The highest BCUT2D eigenvalue weighted by molar-refractivity contribution is 9.10. The number of anilines is 1. The van der Waals surface area contributed by atoms with E-state index in [0.717, 1.165) is 21.9 Å². The molecule has 21 heavy (non-hydrogen) atoms. The molecule has 0 bridgehead atoms. The SMILES string of the molecule is Cc1nn(C)c(CNc2ccc(Cl)cc2C(F)(F)F)c1Br. The van der Waals surface area contributed by atoms with E-state index in [9.17, 15) is 13.2 Å². The van der Waals surface area contributed by atoms with E-state index in [1.807, 2.05) is 6.92 Å². The van der Waals surface area contributed by atoms with Crippen LogP contribution in [-0.2, 0) is 19.8 Å². The van der Waals surface area contributed by atoms with Gasteiger partial charge in [0.1, 0.15) is 0 Å². The second-order valence-corrected chi connectivity index (χ2v) is 5.74. The summed E-state index contributed by atoms with van der Waals surface area (Å²) in [6.07, 6.45) is -4.47. The van der Waals surface area contributed by atoms with E-state index in [0.29, 0.717) is 0 Å². The third-order valence-electron chi connectivity index (χ3n) is 2.99. The summed E-state index contributed by atoms with van der Waals surface area (Å²) in [4.78, 5) is 0. The van der Waals surface area contributed by atoms with Gasteiger partial charge in [0.25, 0.3) is 0 Å². The van der Waals surface area contributed by atoms with Crippen molar-refractivity contribution in [3.8, 4) is 0 Å². The Morgan fingerprint density at radius 2 is 2.05 bits per heavy atom. The van der Waals surface area contributed by atoms with Crippen molar-refractivity contribution in [1.29, 1.82) is 0 Å². The summed E-state index contributed by atoms with van der Waals surface area (Å²) in [5.74, 6) is 0. The van der Waals surface area contributed by atoms with Gasteiger partial charge in [-0.1, -0.05) is 11.6 Å². The van der Waals surface area contributed by atoms with Crippen LogP contribution in [0.2, 0.25) is 5.02 Å². The largest absolute Gasteiger partial charge is 0.418 e. The number of aryl methyl sites for hydroxylation is 2. The van der Waals surface area contributed by atoms with Crippen molar-refractivity contribution in [2.75, 3.05) is 5.32 Å². The normalized spacial score (nSPS) is 11.8. The number of hydrogen-bond acceptors (Lipinski definition) is 2. The Labute approximate surface area is 133 Å². The van der Waals surface area contributed by atoms with Crippen LogP contribution in [0.25, 0.3) is 0 Å². The highest BCUT2D eigenvalue weighted by atomic mass is 79.9. The van der Waals surface area contributed by atoms with Crippen LogP contribution < -0.4 is 5.32 Å². The minimum atomic E-state index is -4.47. The summed E-state index contributed by atoms with van der Waals surface area (Å²) < 4.78 is 41.4. The molecule has 0 fully saturated rings. The van der Waals surface area contributed by atoms with Crippen molar-refractivity contribution in [2.24, 2.45) is 7.05 Å². The fraction of sp³-hybridized carbons (Fsp3) is 0.308. The molecule has 2 aromatic rings. The second-order valence-electron chi connectivity index (χ2n) is 4.51. The molecule has 0 amide bonds. The van der Waals surface area contributed by atoms with Crippen LogP contribution in [0.1, 0.15) is 17.0 Å². The maximum Gasteiger partial charge on any atom is 0.418 e. The first-order chi connectivity index (χ1) is 9.70. The zero-order valence-corrected chi connectivity index (χ0v) is 13.6. The number of alkyl halides is 3. The molecule has 1 aromatic carbocycles. The third kappa shape index (κ3) is 3.52. The molecule has 0 radical (unpaired) electrons. The van der Waals surface area contributed by atoms with Crippen LogP contribution in [0, 0.1) is 6.92 Å². The number of nitrogens with one attached hydrogen (secondary N) is 1. The zero-order valence-electron chi connectivity index (χ0n) is 11.2. The first-order valence-electron chi connectivity index (χ1n) is 5.98. The quantitative estimate of drug-likeness (QED) is 0.828. The van der Waals surface area contributed by atoms with Gasteiger partial charge in [-0.3, -0.25) is 4.68 Å². The lowest BCUT2D eigenvalue weighted by atomic mass is 10.1. The molecule has 0 saturated carbocycles. The molecule has 0 spiro atoms. The molecule has 3 nitrogen and oxygen atoms in total. The Balaban J connectivity index is 2.28. The van der Waals surface area contributed by atoms with Crippen LogP contribution in [0.3, 0.4) is 0 Å². The molecule has 0 saturated heterocycles. The van der Waals surface area contributed by atoms with Crippen molar-refractivity contribution in [3.05, 3.63) is 44.6 Å². The van der Waals surface area contributed by atoms with E-state index >= 15 is 0 Å². The van der Waals surface area contributed by atoms with Crippen LogP contribution in [0.15, 0.2) is 22.7 Å². The molecular formula is C13H12BrClF3N3. The van der Waals surface area contributed by atoms with Crippen LogP contribution in [0.5, 0.6) is 0 Å². The van der Waals surface area contributed by atoms with Crippen molar-refractivity contribution in [3.63, 3.8) is 0 Å². The van der Waals surface area contributed by atoms with Gasteiger partial charge < -0.3 is 5.32 Å². The van der Waals surface area contributed by atoms with Gasteiger partial charge in [-0.2, -0.15) is 18.3 Å². The van der Waals surface area contributed by atoms with Gasteiger partial charge in [-0.25, -0.2) is 0 Å². The number of hydrogen-bond donors (Lipinski definition) is 1. The van der Waals surface area contributed by atoms with Crippen LogP contribution >= 0.6 is 27.5 Å². The summed E-state index contributed by atoms with van der Waals surface area (Å²) in [6.45, 7) is 2.03. The fourth-order valence-electron chi connectivity index (χ4n) is 1.96. The summed E-state index contributed by atoms with van der Waals surface area (Å²) >= 11 is 9.02. The Morgan fingerprint density at radius 3 is 2.57 bits per heavy atom. The molecule has 114 valence electrons. The van der Waals surface area contributed by atoms with Gasteiger partial charge in [-0.15, -0.1) is 0 Å². The first-order valence-corrected chi connectivity index (χ1v) is 7.16. The molecular weight excluding hydrogens is 371 g/mol. The smallest absolute Gasteiger partial charge is 0.379 e. The number of nitrogens with zero attached hydrogens (tertiary/aromatic N) is 2. The number of aromatic nitrogens is 2. The molecule has 1 N–H and O–H groups in total. The highest BCUT2D eigenvalue weighted by Crippen LogP contribution is 2.36. The monoisotopic (exact) mass is 381 g/mol. The summed E-state index contributed by atoms with van der Waals surface area (Å²) in [5, 5.41) is 7.03. The summed E-state index contributed by atoms with van der Waals surface area (Å²) in [5.41, 5.74) is 0.736. The summed E-state index contributed by atoms with van der Waals surface area (Å²) in [7, 11) is 1.74. The maximum atomic E-state index is 13.0. The van der Waals surface area contributed by atoms with Crippen molar-refractivity contribution < 1.29 is 13.2 Å². The van der Waals surface area contributed by atoms with Crippen LogP contribution in [-0.4, -0.2) is 9.78 Å². The van der Waals surface area contributed by atoms with Gasteiger partial charge in [0, 0.05) is 17.8 Å². The van der Waals surface area contributed by atoms with Crippen molar-refractivity contribution in [1.82, 2.24) is 9.78 Å². The molecule has 0 aliphatic rings. The second kappa shape index (κ2) is 5.88. The number of benzene rings is 1. The Kier molecular flexibility index (Phi) is 4.53. The Bertz CT molecular complexity index is 667. The van der Waals surface area contributed by atoms with E-state index in [1.165, 1.54) is 12.1 Å². The molecule has 0 atom stereocenters. The maximum absolute atomic E-state index is 13.0. The minimum absolute atomic E-state index is 0.0161. The predicted molar refractivity (Wildman–Crippen MR) is 79.4 cm³/mol. The molecule has 2 rings (SSSR count). The fourth-order valence-corrected chi connectivity index (χ4v) is 2.60. The molecule has 1 aromatic heterocycles. The van der Waals surface area contributed by atoms with E-state index in [4.69, 9.17) is 11.6 Å². The van der Waals surface area contributed by atoms with Gasteiger partial charge in [0.2, 0.25) is 0 Å². The Hall–Kier alpha value is -1.21. The van der Waals surface area contributed by atoms with Gasteiger partial charge >= 0.3 is 6.18 Å². The lowest BCUT2D eigenvalue weighted by molar-refractivity contribution is -0.136. The van der Waals surface area contributed by atoms with E-state index < -0.39 is 11.7 Å². The lowest BCUT2D eigenvalue weighted by Gasteiger charge is -2.15. The van der Waals surface area contributed by atoms with E-state index in [1.54, 1.807) is 11.7 Å². The van der Waals surface area contributed by atoms with E-state index in [-0.39, 0.29) is 17.3 Å². The summed E-state index contributed by atoms with van der Waals surface area (Å²) in [6, 6.07) is 3.65. The average Bonchev–Trinajstić information content (AvgIpc) is 2.61. The van der Waals surface area contributed by atoms with Gasteiger partial charge in [-0.05, 0) is 41.1 Å². The molecule has 8 heteroatoms. The molecule has 1 heterocycles. The van der Waals surface area contributed by atoms with Gasteiger partial charge in [0.15, 0.2) is 0 Å². The topological polar surface area (TPSA) is 29.9 Å². The van der Waals surface area contributed by atoms with Gasteiger partial charge in [0.05, 0.1) is 28.0 Å². The Morgan fingerprint density at radius 1 is 1.38 bits per heavy atom. The average molecular weight is 383 g/mol. The van der Waals surface area contributed by atoms with Crippen molar-refractivity contribution >= 4 is 33.2 Å². The minimum Gasteiger partial charge on any atom is -0.379 e. The molecule has 0 unspecified atom stereocenters. The predicted octanol–water partition coefficient (Wildman–Crippen LogP) is 4.78. The number of rotatable bonds is 3. The highest BCUT2D eigenvalue weighted by Gasteiger charge is 2.33. The molecule has 0 aliphatic heterocycles. The van der Waals surface area contributed by atoms with Crippen LogP contribution in [0.4, 0.5) is 18.9 Å². The standard InChI is InChI=1S/C13H12BrClF3N3/c1-7-12(14)11(21(2)20-7)6-19-10-4-3-8(15)5-9(10)13(16,17)18/h3-5,19H,6H2,1-2H3. The first kappa shape index (κ1) is 16.2. The third-order valence-corrected chi connectivity index (χ3v) is 4.26. The lowest BCUT2D eigenvalue weighted by Crippen LogP contribution is -2.12. The molecule has 0 aliphatic carbocycles.